The van der Waals surface area contributed by atoms with Crippen LogP contribution in [0.15, 0.2) is 16.9 Å². The summed E-state index contributed by atoms with van der Waals surface area (Å²) in [5.74, 6) is 1.38. The standard InChI is InChI=1S/C12H14BrN3O2/c13-9-5-14-6-10(16(17)18)12(9)15-11(7-1-2-7)8-3-4-8/h5-8,11H,1-4H2,(H,14,15). The van der Waals surface area contributed by atoms with Crippen LogP contribution in [-0.2, 0) is 0 Å². The first-order valence-corrected chi connectivity index (χ1v) is 7.00. The highest BCUT2D eigenvalue weighted by Crippen LogP contribution is 2.47. The number of nitro groups is 1. The maximum Gasteiger partial charge on any atom is 0.311 e. The van der Waals surface area contributed by atoms with Crippen LogP contribution < -0.4 is 5.32 Å². The molecule has 0 bridgehead atoms. The molecule has 2 saturated carbocycles. The zero-order chi connectivity index (χ0) is 12.7. The average molecular weight is 312 g/mol. The summed E-state index contributed by atoms with van der Waals surface area (Å²) in [7, 11) is 0. The highest BCUT2D eigenvalue weighted by Gasteiger charge is 2.42. The summed E-state index contributed by atoms with van der Waals surface area (Å²) in [6.45, 7) is 0. The number of pyridine rings is 1. The van der Waals surface area contributed by atoms with Crippen molar-refractivity contribution in [1.82, 2.24) is 4.98 Å². The fourth-order valence-corrected chi connectivity index (χ4v) is 2.84. The molecule has 1 aromatic heterocycles. The van der Waals surface area contributed by atoms with E-state index in [9.17, 15) is 10.1 Å². The smallest absolute Gasteiger partial charge is 0.311 e. The fourth-order valence-electron chi connectivity index (χ4n) is 2.40. The van der Waals surface area contributed by atoms with Gasteiger partial charge in [0, 0.05) is 12.2 Å². The summed E-state index contributed by atoms with van der Waals surface area (Å²) in [4.78, 5) is 14.5. The molecule has 0 spiro atoms. The van der Waals surface area contributed by atoms with E-state index in [-0.39, 0.29) is 10.6 Å². The minimum atomic E-state index is -0.378. The Morgan fingerprint density at radius 1 is 1.33 bits per heavy atom. The number of nitrogens with zero attached hydrogens (tertiary/aromatic N) is 2. The molecule has 2 fully saturated rings. The third-order valence-corrected chi connectivity index (χ3v) is 4.25. The monoisotopic (exact) mass is 311 g/mol. The van der Waals surface area contributed by atoms with E-state index in [4.69, 9.17) is 0 Å². The number of nitrogens with one attached hydrogen (secondary N) is 1. The molecule has 96 valence electrons. The van der Waals surface area contributed by atoms with Gasteiger partial charge in [-0.2, -0.15) is 0 Å². The van der Waals surface area contributed by atoms with Crippen LogP contribution in [0.3, 0.4) is 0 Å². The van der Waals surface area contributed by atoms with Gasteiger partial charge in [0.15, 0.2) is 0 Å². The minimum Gasteiger partial charge on any atom is -0.375 e. The lowest BCUT2D eigenvalue weighted by atomic mass is 10.1. The maximum absolute atomic E-state index is 11.0. The van der Waals surface area contributed by atoms with Crippen LogP contribution in [0, 0.1) is 22.0 Å². The third-order valence-electron chi connectivity index (χ3n) is 3.65. The van der Waals surface area contributed by atoms with Gasteiger partial charge >= 0.3 is 5.69 Å². The van der Waals surface area contributed by atoms with Crippen molar-refractivity contribution in [1.29, 1.82) is 0 Å². The number of hydrogen-bond acceptors (Lipinski definition) is 4. The molecule has 3 rings (SSSR count). The molecule has 0 saturated heterocycles. The Hall–Kier alpha value is -1.17. The predicted molar refractivity (Wildman–Crippen MR) is 71.5 cm³/mol. The zero-order valence-electron chi connectivity index (χ0n) is 9.80. The molecule has 0 atom stereocenters. The van der Waals surface area contributed by atoms with Gasteiger partial charge in [-0.1, -0.05) is 0 Å². The van der Waals surface area contributed by atoms with Crippen LogP contribution in [-0.4, -0.2) is 15.9 Å². The van der Waals surface area contributed by atoms with Gasteiger partial charge in [0.2, 0.25) is 0 Å². The number of halogens is 1. The molecule has 2 aliphatic carbocycles. The Labute approximate surface area is 113 Å². The molecular weight excluding hydrogens is 298 g/mol. The first kappa shape index (κ1) is 11.9. The van der Waals surface area contributed by atoms with E-state index >= 15 is 0 Å². The van der Waals surface area contributed by atoms with Crippen molar-refractivity contribution in [3.8, 4) is 0 Å². The largest absolute Gasteiger partial charge is 0.375 e. The molecule has 0 amide bonds. The van der Waals surface area contributed by atoms with Gasteiger partial charge in [-0.3, -0.25) is 15.1 Å². The second kappa shape index (κ2) is 4.50. The molecule has 5 nitrogen and oxygen atoms in total. The van der Waals surface area contributed by atoms with Crippen molar-refractivity contribution in [3.05, 3.63) is 27.0 Å². The average Bonchev–Trinajstić information content (AvgIpc) is 3.19. The van der Waals surface area contributed by atoms with Gasteiger partial charge in [-0.05, 0) is 53.4 Å². The van der Waals surface area contributed by atoms with Crippen molar-refractivity contribution in [2.24, 2.45) is 11.8 Å². The van der Waals surface area contributed by atoms with Crippen molar-refractivity contribution in [3.63, 3.8) is 0 Å². The van der Waals surface area contributed by atoms with Gasteiger partial charge in [0.1, 0.15) is 11.9 Å². The van der Waals surface area contributed by atoms with Gasteiger partial charge in [0.25, 0.3) is 0 Å². The van der Waals surface area contributed by atoms with Crippen LogP contribution in [0.2, 0.25) is 0 Å². The Balaban J connectivity index is 1.88. The summed E-state index contributed by atoms with van der Waals surface area (Å²) in [5, 5.41) is 14.4. The van der Waals surface area contributed by atoms with Crippen LogP contribution in [0.1, 0.15) is 25.7 Å². The minimum absolute atomic E-state index is 0.0516. The van der Waals surface area contributed by atoms with Gasteiger partial charge in [-0.25, -0.2) is 0 Å². The Kier molecular flexibility index (Phi) is 2.97. The van der Waals surface area contributed by atoms with Crippen LogP contribution >= 0.6 is 15.9 Å². The molecule has 0 radical (unpaired) electrons. The lowest BCUT2D eigenvalue weighted by Crippen LogP contribution is -2.25. The lowest BCUT2D eigenvalue weighted by molar-refractivity contribution is -0.384. The van der Waals surface area contributed by atoms with E-state index in [1.165, 1.54) is 31.9 Å². The fraction of sp³-hybridized carbons (Fsp3) is 0.583. The second-order valence-electron chi connectivity index (χ2n) is 5.12. The number of hydrogen-bond donors (Lipinski definition) is 1. The van der Waals surface area contributed by atoms with E-state index in [1.54, 1.807) is 6.20 Å². The van der Waals surface area contributed by atoms with Crippen LogP contribution in [0.4, 0.5) is 11.4 Å². The van der Waals surface area contributed by atoms with Crippen molar-refractivity contribution in [2.45, 2.75) is 31.7 Å². The van der Waals surface area contributed by atoms with Crippen molar-refractivity contribution >= 4 is 27.3 Å². The van der Waals surface area contributed by atoms with Gasteiger partial charge < -0.3 is 5.32 Å². The number of aromatic nitrogens is 1. The molecule has 1 aromatic rings. The predicted octanol–water partition coefficient (Wildman–Crippen LogP) is 3.35. The Morgan fingerprint density at radius 3 is 2.44 bits per heavy atom. The van der Waals surface area contributed by atoms with E-state index in [1.807, 2.05) is 0 Å². The Bertz CT molecular complexity index is 474. The number of rotatable bonds is 5. The van der Waals surface area contributed by atoms with Gasteiger partial charge in [0.05, 0.1) is 9.40 Å². The molecule has 1 heterocycles. The van der Waals surface area contributed by atoms with E-state index < -0.39 is 0 Å². The third kappa shape index (κ3) is 2.34. The van der Waals surface area contributed by atoms with E-state index in [2.05, 4.69) is 26.2 Å². The quantitative estimate of drug-likeness (QED) is 0.669. The summed E-state index contributed by atoms with van der Waals surface area (Å²) in [6, 6.07) is 0.391. The molecule has 0 aliphatic heterocycles. The van der Waals surface area contributed by atoms with Crippen LogP contribution in [0.25, 0.3) is 0 Å². The highest BCUT2D eigenvalue weighted by atomic mass is 79.9. The molecule has 18 heavy (non-hydrogen) atoms. The molecule has 0 unspecified atom stereocenters. The van der Waals surface area contributed by atoms with Crippen LogP contribution in [0.5, 0.6) is 0 Å². The first-order valence-electron chi connectivity index (χ1n) is 6.21. The van der Waals surface area contributed by atoms with E-state index in [0.717, 1.165) is 0 Å². The molecule has 1 N–H and O–H groups in total. The van der Waals surface area contributed by atoms with Crippen molar-refractivity contribution in [2.75, 3.05) is 5.32 Å². The van der Waals surface area contributed by atoms with E-state index in [0.29, 0.717) is 28.0 Å². The summed E-state index contributed by atoms with van der Waals surface area (Å²) in [6.07, 6.45) is 7.88. The highest BCUT2D eigenvalue weighted by molar-refractivity contribution is 9.10. The summed E-state index contributed by atoms with van der Waals surface area (Å²) >= 11 is 3.35. The molecule has 6 heteroatoms. The molecule has 0 aromatic carbocycles. The molecular formula is C12H14BrN3O2. The maximum atomic E-state index is 11.0. The zero-order valence-corrected chi connectivity index (χ0v) is 11.4. The summed E-state index contributed by atoms with van der Waals surface area (Å²) < 4.78 is 0.669. The topological polar surface area (TPSA) is 68.1 Å². The Morgan fingerprint density at radius 2 is 1.94 bits per heavy atom. The SMILES string of the molecule is O=[N+]([O-])c1cncc(Br)c1NC(C1CC1)C1CC1. The van der Waals surface area contributed by atoms with Gasteiger partial charge in [-0.15, -0.1) is 0 Å². The number of anilines is 1. The van der Waals surface area contributed by atoms with Crippen molar-refractivity contribution < 1.29 is 4.92 Å². The first-order chi connectivity index (χ1) is 8.66. The summed E-state index contributed by atoms with van der Waals surface area (Å²) in [5.41, 5.74) is 0.634. The normalized spacial score (nSPS) is 19.0. The molecule has 2 aliphatic rings. The second-order valence-corrected chi connectivity index (χ2v) is 5.97. The lowest BCUT2D eigenvalue weighted by Gasteiger charge is -2.19.